The van der Waals surface area contributed by atoms with Crippen LogP contribution in [-0.2, 0) is 6.18 Å². The molecule has 8 heteroatoms. The molecule has 0 heterocycles. The maximum Gasteiger partial charge on any atom is 0.416 e. The third-order valence-electron chi connectivity index (χ3n) is 3.34. The van der Waals surface area contributed by atoms with Gasteiger partial charge in [0.25, 0.3) is 0 Å². The highest BCUT2D eigenvalue weighted by molar-refractivity contribution is 9.09. The number of hydrogen-bond donors (Lipinski definition) is 1. The summed E-state index contributed by atoms with van der Waals surface area (Å²) in [5.74, 6) is 0.988. The number of benzene rings is 2. The molecule has 0 aliphatic rings. The maximum absolute atomic E-state index is 12.9. The third-order valence-corrected chi connectivity index (χ3v) is 5.33. The van der Waals surface area contributed by atoms with E-state index in [1.54, 1.807) is 24.9 Å². The summed E-state index contributed by atoms with van der Waals surface area (Å²) >= 11 is 5.00. The van der Waals surface area contributed by atoms with E-state index in [-0.39, 0.29) is 5.96 Å². The Morgan fingerprint density at radius 3 is 2.60 bits per heavy atom. The van der Waals surface area contributed by atoms with Crippen molar-refractivity contribution in [2.45, 2.75) is 11.1 Å². The fraction of sp³-hybridized carbons (Fsp3) is 0.235. The molecule has 0 spiro atoms. The lowest BCUT2D eigenvalue weighted by atomic mass is 10.2. The van der Waals surface area contributed by atoms with Gasteiger partial charge in [0, 0.05) is 28.7 Å². The highest BCUT2D eigenvalue weighted by Gasteiger charge is 2.30. The smallest absolute Gasteiger partial charge is 0.369 e. The second-order valence-corrected chi connectivity index (χ2v) is 7.01. The van der Waals surface area contributed by atoms with E-state index in [4.69, 9.17) is 5.73 Å². The van der Waals surface area contributed by atoms with Crippen LogP contribution in [0, 0.1) is 0 Å². The van der Waals surface area contributed by atoms with Crippen LogP contribution in [0.5, 0.6) is 0 Å². The zero-order valence-corrected chi connectivity index (χ0v) is 15.8. The largest absolute Gasteiger partial charge is 0.416 e. The molecule has 0 radical (unpaired) electrons. The molecule has 134 valence electrons. The number of thioether (sulfide) groups is 1. The summed E-state index contributed by atoms with van der Waals surface area (Å²) in [4.78, 5) is 6.78. The van der Waals surface area contributed by atoms with E-state index in [1.807, 2.05) is 24.3 Å². The second-order valence-electron chi connectivity index (χ2n) is 5.08. The minimum absolute atomic E-state index is 0.117. The molecular formula is C17H17BrF3N3S. The van der Waals surface area contributed by atoms with E-state index in [1.165, 1.54) is 11.0 Å². The number of halogens is 4. The molecule has 3 nitrogen and oxygen atoms in total. The molecule has 0 bridgehead atoms. The van der Waals surface area contributed by atoms with Gasteiger partial charge in [0.05, 0.1) is 11.3 Å². The molecule has 2 aromatic carbocycles. The summed E-state index contributed by atoms with van der Waals surface area (Å²) in [6, 6.07) is 12.5. The van der Waals surface area contributed by atoms with E-state index < -0.39 is 11.7 Å². The first-order chi connectivity index (χ1) is 11.8. The normalized spacial score (nSPS) is 12.3. The molecule has 0 amide bonds. The number of guanidine groups is 1. The van der Waals surface area contributed by atoms with Crippen LogP contribution in [0.4, 0.5) is 24.5 Å². The zero-order valence-electron chi connectivity index (χ0n) is 13.4. The number of nitrogens with zero attached hydrogens (tertiary/aromatic N) is 2. The highest BCUT2D eigenvalue weighted by Crippen LogP contribution is 2.32. The zero-order chi connectivity index (χ0) is 18.4. The molecule has 0 saturated carbocycles. The Balaban J connectivity index is 2.28. The van der Waals surface area contributed by atoms with Gasteiger partial charge in [-0.1, -0.05) is 34.1 Å². The molecule has 0 aliphatic heterocycles. The van der Waals surface area contributed by atoms with Crippen molar-refractivity contribution in [1.82, 2.24) is 0 Å². The van der Waals surface area contributed by atoms with Crippen molar-refractivity contribution < 1.29 is 13.2 Å². The quantitative estimate of drug-likeness (QED) is 0.303. The average Bonchev–Trinajstić information content (AvgIpc) is 2.59. The van der Waals surface area contributed by atoms with E-state index in [0.717, 1.165) is 28.1 Å². The average molecular weight is 432 g/mol. The van der Waals surface area contributed by atoms with E-state index in [0.29, 0.717) is 11.4 Å². The predicted octanol–water partition coefficient (Wildman–Crippen LogP) is 5.28. The Hall–Kier alpha value is -1.67. The molecule has 0 unspecified atom stereocenters. The van der Waals surface area contributed by atoms with Gasteiger partial charge in [0.1, 0.15) is 0 Å². The van der Waals surface area contributed by atoms with Gasteiger partial charge in [-0.25, -0.2) is 4.99 Å². The lowest BCUT2D eigenvalue weighted by Crippen LogP contribution is -2.33. The topological polar surface area (TPSA) is 41.6 Å². The second kappa shape index (κ2) is 8.62. The summed E-state index contributed by atoms with van der Waals surface area (Å²) < 4.78 is 38.6. The minimum Gasteiger partial charge on any atom is -0.369 e. The Morgan fingerprint density at radius 2 is 1.92 bits per heavy atom. The Labute approximate surface area is 157 Å². The summed E-state index contributed by atoms with van der Waals surface area (Å²) in [6.07, 6.45) is -4.40. The van der Waals surface area contributed by atoms with Crippen molar-refractivity contribution in [3.05, 3.63) is 54.1 Å². The van der Waals surface area contributed by atoms with E-state index >= 15 is 0 Å². The van der Waals surface area contributed by atoms with Gasteiger partial charge in [0.2, 0.25) is 5.96 Å². The van der Waals surface area contributed by atoms with Crippen LogP contribution in [0.3, 0.4) is 0 Å². The lowest BCUT2D eigenvalue weighted by Gasteiger charge is -2.20. The Bertz CT molecular complexity index is 750. The first-order valence-electron chi connectivity index (χ1n) is 7.36. The number of hydrogen-bond acceptors (Lipinski definition) is 2. The van der Waals surface area contributed by atoms with Crippen molar-refractivity contribution in [2.75, 3.05) is 23.0 Å². The van der Waals surface area contributed by atoms with Crippen LogP contribution in [0.15, 0.2) is 58.4 Å². The van der Waals surface area contributed by atoms with Crippen molar-refractivity contribution in [3.8, 4) is 0 Å². The van der Waals surface area contributed by atoms with Gasteiger partial charge >= 0.3 is 6.18 Å². The van der Waals surface area contributed by atoms with E-state index in [2.05, 4.69) is 20.9 Å². The first-order valence-corrected chi connectivity index (χ1v) is 9.46. The van der Waals surface area contributed by atoms with Gasteiger partial charge < -0.3 is 10.6 Å². The first kappa shape index (κ1) is 19.7. The Morgan fingerprint density at radius 1 is 1.20 bits per heavy atom. The fourth-order valence-corrected chi connectivity index (χ4v) is 3.26. The monoisotopic (exact) mass is 431 g/mol. The van der Waals surface area contributed by atoms with Gasteiger partial charge in [0.15, 0.2) is 0 Å². The molecule has 0 aliphatic carbocycles. The van der Waals surface area contributed by atoms with Crippen molar-refractivity contribution in [2.24, 2.45) is 10.7 Å². The number of nitrogens with two attached hydrogens (primary N) is 1. The standard InChI is InChI=1S/C17H17BrF3N3S/c1-24(13-6-4-5-12(11-13)17(19,20)21)16(22)23-14-7-2-3-8-15(14)25-10-9-18/h2-8,11H,9-10H2,1H3,(H2,22,23). The Kier molecular flexibility index (Phi) is 6.78. The van der Waals surface area contributed by atoms with Gasteiger partial charge in [-0.3, -0.25) is 0 Å². The highest BCUT2D eigenvalue weighted by atomic mass is 79.9. The van der Waals surface area contributed by atoms with Crippen LogP contribution in [0.1, 0.15) is 5.56 Å². The minimum atomic E-state index is -4.40. The van der Waals surface area contributed by atoms with Crippen molar-refractivity contribution >= 4 is 45.0 Å². The number of rotatable bonds is 5. The predicted molar refractivity (Wildman–Crippen MR) is 102 cm³/mol. The summed E-state index contributed by atoms with van der Waals surface area (Å²) in [5.41, 5.74) is 6.30. The SMILES string of the molecule is CN(C(N)=Nc1ccccc1SCCBr)c1cccc(C(F)(F)F)c1. The molecular weight excluding hydrogens is 415 g/mol. The third kappa shape index (κ3) is 5.40. The summed E-state index contributed by atoms with van der Waals surface area (Å²) in [7, 11) is 1.59. The molecule has 0 atom stereocenters. The molecule has 2 N–H and O–H groups in total. The molecule has 0 saturated heterocycles. The molecule has 0 aromatic heterocycles. The van der Waals surface area contributed by atoms with Crippen LogP contribution >= 0.6 is 27.7 Å². The molecule has 0 fully saturated rings. The number of aliphatic imine (C=N–C) groups is 1. The molecule has 2 rings (SSSR count). The molecule has 2 aromatic rings. The van der Waals surface area contributed by atoms with Crippen molar-refractivity contribution in [1.29, 1.82) is 0 Å². The van der Waals surface area contributed by atoms with E-state index in [9.17, 15) is 13.2 Å². The maximum atomic E-state index is 12.9. The van der Waals surface area contributed by atoms with Crippen LogP contribution in [0.2, 0.25) is 0 Å². The summed E-state index contributed by atoms with van der Waals surface area (Å²) in [5, 5.41) is 0.843. The van der Waals surface area contributed by atoms with Crippen LogP contribution < -0.4 is 10.6 Å². The number of anilines is 1. The lowest BCUT2D eigenvalue weighted by molar-refractivity contribution is -0.137. The van der Waals surface area contributed by atoms with Crippen LogP contribution in [-0.4, -0.2) is 24.1 Å². The summed E-state index contributed by atoms with van der Waals surface area (Å²) in [6.45, 7) is 0. The van der Waals surface area contributed by atoms with Crippen molar-refractivity contribution in [3.63, 3.8) is 0 Å². The van der Waals surface area contributed by atoms with Crippen LogP contribution in [0.25, 0.3) is 0 Å². The fourth-order valence-electron chi connectivity index (χ4n) is 2.04. The number of alkyl halides is 4. The molecule has 25 heavy (non-hydrogen) atoms. The number of para-hydroxylation sites is 1. The van der Waals surface area contributed by atoms with Gasteiger partial charge in [-0.2, -0.15) is 13.2 Å². The van der Waals surface area contributed by atoms with Gasteiger partial charge in [-0.15, -0.1) is 11.8 Å². The van der Waals surface area contributed by atoms with Gasteiger partial charge in [-0.05, 0) is 30.3 Å².